The molecule has 104 valence electrons. The quantitative estimate of drug-likeness (QED) is 0.831. The molecule has 2 rings (SSSR count). The van der Waals surface area contributed by atoms with E-state index in [0.717, 1.165) is 30.3 Å². The first kappa shape index (κ1) is 13.8. The molecule has 5 nitrogen and oxygen atoms in total. The van der Waals surface area contributed by atoms with Crippen LogP contribution in [0.25, 0.3) is 0 Å². The molecule has 0 radical (unpaired) electrons. The number of aromatic nitrogens is 2. The lowest BCUT2D eigenvalue weighted by Gasteiger charge is -2.32. The summed E-state index contributed by atoms with van der Waals surface area (Å²) >= 11 is 0. The van der Waals surface area contributed by atoms with E-state index >= 15 is 0 Å². The summed E-state index contributed by atoms with van der Waals surface area (Å²) in [5.41, 5.74) is 0. The fraction of sp³-hybridized carbons (Fsp3) is 0.643. The second-order valence-corrected chi connectivity index (χ2v) is 5.41. The van der Waals surface area contributed by atoms with Crippen LogP contribution >= 0.6 is 0 Å². The van der Waals surface area contributed by atoms with Crippen molar-refractivity contribution in [1.29, 1.82) is 0 Å². The average molecular weight is 262 g/mol. The summed E-state index contributed by atoms with van der Waals surface area (Å²) in [5.74, 6) is 3.02. The Hall–Kier alpha value is -1.65. The van der Waals surface area contributed by atoms with Crippen LogP contribution in [0.4, 0.5) is 11.6 Å². The lowest BCUT2D eigenvalue weighted by atomic mass is 9.93. The van der Waals surface area contributed by atoms with Crippen molar-refractivity contribution in [1.82, 2.24) is 9.97 Å². The lowest BCUT2D eigenvalue weighted by molar-refractivity contribution is -0.120. The van der Waals surface area contributed by atoms with Crippen molar-refractivity contribution >= 4 is 17.4 Å². The van der Waals surface area contributed by atoms with Gasteiger partial charge in [0.15, 0.2) is 0 Å². The average Bonchev–Trinajstić information content (AvgIpc) is 2.38. The maximum atomic E-state index is 11.3. The Bertz CT molecular complexity index is 463. The number of hydrogen-bond donors (Lipinski definition) is 0. The molecular weight excluding hydrogens is 240 g/mol. The Kier molecular flexibility index (Phi) is 4.02. The number of ketones is 1. The van der Waals surface area contributed by atoms with Crippen molar-refractivity contribution in [2.45, 2.75) is 38.6 Å². The van der Waals surface area contributed by atoms with Crippen molar-refractivity contribution in [3.05, 3.63) is 11.9 Å². The normalized spacial score (nSPS) is 16.5. The molecule has 0 aliphatic heterocycles. The highest BCUT2D eigenvalue weighted by molar-refractivity contribution is 5.79. The zero-order valence-corrected chi connectivity index (χ0v) is 12.2. The fourth-order valence-electron chi connectivity index (χ4n) is 2.45. The topological polar surface area (TPSA) is 49.3 Å². The second kappa shape index (κ2) is 5.55. The van der Waals surface area contributed by atoms with Crippen LogP contribution in [0.5, 0.6) is 0 Å². The van der Waals surface area contributed by atoms with Crippen molar-refractivity contribution in [3.8, 4) is 0 Å². The summed E-state index contributed by atoms with van der Waals surface area (Å²) in [7, 11) is 6.01. The molecule has 0 saturated heterocycles. The molecule has 0 amide bonds. The third-order valence-electron chi connectivity index (χ3n) is 3.69. The number of aryl methyl sites for hydroxylation is 1. The Morgan fingerprint density at radius 1 is 1.11 bits per heavy atom. The first-order valence-electron chi connectivity index (χ1n) is 6.75. The summed E-state index contributed by atoms with van der Waals surface area (Å²) in [6, 6.07) is 2.41. The van der Waals surface area contributed by atoms with Gasteiger partial charge in [-0.2, -0.15) is 0 Å². The number of rotatable bonds is 3. The van der Waals surface area contributed by atoms with Gasteiger partial charge in [-0.15, -0.1) is 0 Å². The summed E-state index contributed by atoms with van der Waals surface area (Å²) in [5, 5.41) is 0. The van der Waals surface area contributed by atoms with Crippen LogP contribution < -0.4 is 9.80 Å². The molecule has 1 aromatic heterocycles. The minimum Gasteiger partial charge on any atom is -0.363 e. The van der Waals surface area contributed by atoms with Crippen LogP contribution in [0.15, 0.2) is 6.07 Å². The minimum atomic E-state index is 0.387. The molecule has 0 atom stereocenters. The Labute approximate surface area is 114 Å². The van der Waals surface area contributed by atoms with Gasteiger partial charge in [-0.25, -0.2) is 9.97 Å². The second-order valence-electron chi connectivity index (χ2n) is 5.41. The van der Waals surface area contributed by atoms with Crippen LogP contribution in [0.1, 0.15) is 31.5 Å². The van der Waals surface area contributed by atoms with E-state index in [1.54, 1.807) is 0 Å². The molecule has 1 fully saturated rings. The van der Waals surface area contributed by atoms with E-state index < -0.39 is 0 Å². The molecule has 1 saturated carbocycles. The van der Waals surface area contributed by atoms with Crippen LogP contribution in [-0.2, 0) is 4.79 Å². The molecule has 1 aliphatic carbocycles. The molecule has 0 unspecified atom stereocenters. The van der Waals surface area contributed by atoms with Crippen LogP contribution in [0.2, 0.25) is 0 Å². The summed E-state index contributed by atoms with van der Waals surface area (Å²) < 4.78 is 0. The highest BCUT2D eigenvalue weighted by Gasteiger charge is 2.23. The van der Waals surface area contributed by atoms with Crippen LogP contribution in [0, 0.1) is 6.92 Å². The predicted molar refractivity (Wildman–Crippen MR) is 76.8 cm³/mol. The molecule has 0 spiro atoms. The molecule has 0 aromatic carbocycles. The monoisotopic (exact) mass is 262 g/mol. The zero-order chi connectivity index (χ0) is 14.0. The smallest absolute Gasteiger partial charge is 0.134 e. The van der Waals surface area contributed by atoms with Gasteiger partial charge < -0.3 is 9.80 Å². The summed E-state index contributed by atoms with van der Waals surface area (Å²) in [6.45, 7) is 1.91. The van der Waals surface area contributed by atoms with E-state index in [9.17, 15) is 4.79 Å². The van der Waals surface area contributed by atoms with Gasteiger partial charge in [0.2, 0.25) is 0 Å². The highest BCUT2D eigenvalue weighted by atomic mass is 16.1. The Morgan fingerprint density at radius 3 is 2.26 bits per heavy atom. The van der Waals surface area contributed by atoms with Gasteiger partial charge in [-0.05, 0) is 19.8 Å². The van der Waals surface area contributed by atoms with E-state index in [2.05, 4.69) is 21.9 Å². The minimum absolute atomic E-state index is 0.387. The summed E-state index contributed by atoms with van der Waals surface area (Å²) in [6.07, 6.45) is 3.24. The van der Waals surface area contributed by atoms with Crippen molar-refractivity contribution < 1.29 is 4.79 Å². The molecule has 5 heteroatoms. The molecule has 0 bridgehead atoms. The van der Waals surface area contributed by atoms with Gasteiger partial charge in [-0.1, -0.05) is 0 Å². The van der Waals surface area contributed by atoms with Gasteiger partial charge in [0, 0.05) is 46.1 Å². The maximum absolute atomic E-state index is 11.3. The lowest BCUT2D eigenvalue weighted by Crippen LogP contribution is -2.36. The highest BCUT2D eigenvalue weighted by Crippen LogP contribution is 2.25. The van der Waals surface area contributed by atoms with Gasteiger partial charge in [0.25, 0.3) is 0 Å². The van der Waals surface area contributed by atoms with Crippen LogP contribution in [0.3, 0.4) is 0 Å². The predicted octanol–water partition coefficient (Wildman–Crippen LogP) is 1.80. The van der Waals surface area contributed by atoms with Crippen molar-refractivity contribution in [2.24, 2.45) is 0 Å². The first-order valence-corrected chi connectivity index (χ1v) is 6.75. The largest absolute Gasteiger partial charge is 0.363 e. The number of carbonyl (C=O) groups excluding carboxylic acids is 1. The molecule has 19 heavy (non-hydrogen) atoms. The van der Waals surface area contributed by atoms with E-state index in [1.165, 1.54) is 0 Å². The maximum Gasteiger partial charge on any atom is 0.134 e. The number of carbonyl (C=O) groups is 1. The zero-order valence-electron chi connectivity index (χ0n) is 12.2. The SMILES string of the molecule is Cc1nc(N(C)C)cc(N(C)C2CCC(=O)CC2)n1. The Balaban J connectivity index is 2.18. The van der Waals surface area contributed by atoms with Gasteiger partial charge in [0.1, 0.15) is 23.2 Å². The van der Waals surface area contributed by atoms with E-state index in [-0.39, 0.29) is 0 Å². The fourth-order valence-corrected chi connectivity index (χ4v) is 2.45. The third-order valence-corrected chi connectivity index (χ3v) is 3.69. The number of nitrogens with zero attached hydrogens (tertiary/aromatic N) is 4. The molecular formula is C14H22N4O. The standard InChI is InChI=1S/C14H22N4O/c1-10-15-13(17(2)3)9-14(16-10)18(4)11-5-7-12(19)8-6-11/h9,11H,5-8H2,1-4H3. The molecule has 0 N–H and O–H groups in total. The third kappa shape index (κ3) is 3.22. The number of Topliss-reactive ketones (excluding diaryl/α,β-unsaturated/α-hetero) is 1. The molecule has 1 aromatic rings. The van der Waals surface area contributed by atoms with Gasteiger partial charge in [0.05, 0.1) is 0 Å². The first-order chi connectivity index (χ1) is 8.97. The number of hydrogen-bond acceptors (Lipinski definition) is 5. The van der Waals surface area contributed by atoms with E-state index in [0.29, 0.717) is 24.7 Å². The Morgan fingerprint density at radius 2 is 1.68 bits per heavy atom. The van der Waals surface area contributed by atoms with E-state index in [1.807, 2.05) is 32.0 Å². The van der Waals surface area contributed by atoms with Crippen molar-refractivity contribution in [3.63, 3.8) is 0 Å². The van der Waals surface area contributed by atoms with Crippen molar-refractivity contribution in [2.75, 3.05) is 30.9 Å². The molecule has 1 heterocycles. The van der Waals surface area contributed by atoms with Gasteiger partial charge in [-0.3, -0.25) is 4.79 Å². The molecule has 1 aliphatic rings. The van der Waals surface area contributed by atoms with Crippen LogP contribution in [-0.4, -0.2) is 42.9 Å². The van der Waals surface area contributed by atoms with Gasteiger partial charge >= 0.3 is 0 Å². The number of anilines is 2. The van der Waals surface area contributed by atoms with E-state index in [4.69, 9.17) is 0 Å². The summed E-state index contributed by atoms with van der Waals surface area (Å²) in [4.78, 5) is 24.4.